The number of fused-ring (bicyclic) bond motifs is 6. The monoisotopic (exact) mass is 649 g/mol. The smallest absolute Gasteiger partial charge is 0.160 e. The van der Waals surface area contributed by atoms with Gasteiger partial charge in [0.1, 0.15) is 18.2 Å². The zero-order valence-electron chi connectivity index (χ0n) is 27.3. The number of benzene rings is 6. The van der Waals surface area contributed by atoms with E-state index in [-0.39, 0.29) is 18.6 Å². The molecule has 50 heavy (non-hydrogen) atoms. The van der Waals surface area contributed by atoms with Crippen LogP contribution < -0.4 is 21.3 Å². The van der Waals surface area contributed by atoms with Crippen molar-refractivity contribution < 1.29 is 0 Å². The number of hydrogen-bond acceptors (Lipinski definition) is 5. The number of rotatable bonds is 5. The van der Waals surface area contributed by atoms with Crippen molar-refractivity contribution in [2.24, 2.45) is 4.99 Å². The normalized spacial score (nSPS) is 19.3. The molecule has 0 saturated heterocycles. The molecule has 4 N–H and O–H groups in total. The second-order valence-corrected chi connectivity index (χ2v) is 13.0. The molecule has 10 rings (SSSR count). The summed E-state index contributed by atoms with van der Waals surface area (Å²) in [5, 5.41) is 20.0. The van der Waals surface area contributed by atoms with Crippen molar-refractivity contribution in [2.75, 3.05) is 6.54 Å². The third-order valence-corrected chi connectivity index (χ3v) is 10.1. The summed E-state index contributed by atoms with van der Waals surface area (Å²) in [6, 6.07) is 53.8. The van der Waals surface area contributed by atoms with Crippen LogP contribution in [0.2, 0.25) is 0 Å². The van der Waals surface area contributed by atoms with Crippen LogP contribution in [0.3, 0.4) is 0 Å². The van der Waals surface area contributed by atoms with Crippen LogP contribution in [0.25, 0.3) is 49.3 Å². The molecule has 6 aromatic carbocycles. The van der Waals surface area contributed by atoms with Gasteiger partial charge in [-0.3, -0.25) is 10.6 Å². The van der Waals surface area contributed by atoms with Crippen LogP contribution in [0.1, 0.15) is 29.7 Å². The summed E-state index contributed by atoms with van der Waals surface area (Å²) in [7, 11) is 0. The fourth-order valence-corrected chi connectivity index (χ4v) is 7.76. The van der Waals surface area contributed by atoms with Crippen molar-refractivity contribution >= 4 is 49.4 Å². The maximum absolute atomic E-state index is 5.23. The van der Waals surface area contributed by atoms with E-state index in [9.17, 15) is 0 Å². The Morgan fingerprint density at radius 1 is 0.540 bits per heavy atom. The molecule has 0 aliphatic carbocycles. The van der Waals surface area contributed by atoms with Gasteiger partial charge in [-0.2, -0.15) is 0 Å². The predicted molar refractivity (Wildman–Crippen MR) is 204 cm³/mol. The van der Waals surface area contributed by atoms with Gasteiger partial charge in [0.05, 0.1) is 27.8 Å². The van der Waals surface area contributed by atoms with E-state index in [4.69, 9.17) is 4.99 Å². The van der Waals surface area contributed by atoms with Gasteiger partial charge < -0.3 is 19.8 Å². The van der Waals surface area contributed by atoms with Gasteiger partial charge in [-0.25, -0.2) is 4.99 Å². The number of hydrogen-bond donors (Lipinski definition) is 4. The highest BCUT2D eigenvalue weighted by Gasteiger charge is 2.29. The number of aliphatic imine (C=N–C) groups is 1. The van der Waals surface area contributed by atoms with E-state index in [0.29, 0.717) is 6.54 Å². The van der Waals surface area contributed by atoms with Crippen LogP contribution in [0, 0.1) is 0 Å². The third-order valence-electron chi connectivity index (χ3n) is 10.1. The molecule has 7 nitrogen and oxygen atoms in total. The topological polar surface area (TPSA) is 70.3 Å². The Bertz CT molecular complexity index is 2580. The molecular formula is C43H35N7. The highest BCUT2D eigenvalue weighted by Crippen LogP contribution is 2.39. The fraction of sp³-hybridized carbons (Fsp3) is 0.0930. The highest BCUT2D eigenvalue weighted by atomic mass is 15.4. The van der Waals surface area contributed by atoms with Crippen molar-refractivity contribution in [3.63, 3.8) is 0 Å². The Labute approximate surface area is 289 Å². The number of aromatic nitrogens is 2. The predicted octanol–water partition coefficient (Wildman–Crippen LogP) is 8.41. The van der Waals surface area contributed by atoms with Gasteiger partial charge in [-0.1, -0.05) is 115 Å². The molecule has 0 amide bonds. The highest BCUT2D eigenvalue weighted by molar-refractivity contribution is 6.18. The SMILES string of the molecule is C1=C(C2=NC(c3ccccc3)NC(c3ccccc3)N2)NC(n2c3ccccc3c3cc4c5ccccc5n(-c5ccccc5)c4cc32)NC1. The lowest BCUT2D eigenvalue weighted by atomic mass is 10.1. The van der Waals surface area contributed by atoms with Gasteiger partial charge in [0.25, 0.3) is 0 Å². The second-order valence-electron chi connectivity index (χ2n) is 13.0. The molecule has 0 radical (unpaired) electrons. The number of nitrogens with zero attached hydrogens (tertiary/aromatic N) is 3. The first kappa shape index (κ1) is 28.8. The first-order valence-corrected chi connectivity index (χ1v) is 17.2. The Balaban J connectivity index is 1.11. The fourth-order valence-electron chi connectivity index (χ4n) is 7.76. The molecule has 242 valence electrons. The van der Waals surface area contributed by atoms with Crippen LogP contribution in [0.4, 0.5) is 0 Å². The van der Waals surface area contributed by atoms with E-state index < -0.39 is 0 Å². The van der Waals surface area contributed by atoms with Crippen LogP contribution in [-0.2, 0) is 0 Å². The van der Waals surface area contributed by atoms with Gasteiger partial charge in [-0.05, 0) is 53.6 Å². The molecular weight excluding hydrogens is 615 g/mol. The molecule has 8 aromatic rings. The Morgan fingerprint density at radius 2 is 1.16 bits per heavy atom. The van der Waals surface area contributed by atoms with Crippen molar-refractivity contribution in [1.29, 1.82) is 0 Å². The standard InChI is InChI=1S/C43H35N7/c1-4-14-28(15-5-1)40-46-41(29-16-6-2-7-17-29)48-42(47-40)35-24-25-44-43(45-35)50-37-23-13-11-21-32(37)34-26-33-31-20-10-12-22-36(31)49(38(33)27-39(34)50)30-18-8-3-9-19-30/h1-24,26-27,40-41,43-46H,25H2,(H,47,48). The maximum Gasteiger partial charge on any atom is 0.160 e. The minimum Gasteiger partial charge on any atom is -0.350 e. The first-order valence-electron chi connectivity index (χ1n) is 17.2. The molecule has 2 aliphatic rings. The van der Waals surface area contributed by atoms with Gasteiger partial charge in [0.15, 0.2) is 6.29 Å². The maximum atomic E-state index is 5.23. The molecule has 0 fully saturated rings. The lowest BCUT2D eigenvalue weighted by molar-refractivity contribution is 0.370. The van der Waals surface area contributed by atoms with Gasteiger partial charge >= 0.3 is 0 Å². The zero-order chi connectivity index (χ0) is 33.0. The molecule has 0 saturated carbocycles. The Morgan fingerprint density at radius 3 is 1.92 bits per heavy atom. The summed E-state index contributed by atoms with van der Waals surface area (Å²) in [5.41, 5.74) is 9.12. The lowest BCUT2D eigenvalue weighted by Crippen LogP contribution is -2.50. The molecule has 3 atom stereocenters. The van der Waals surface area contributed by atoms with Crippen LogP contribution in [0.5, 0.6) is 0 Å². The Kier molecular flexibility index (Phi) is 6.79. The third kappa shape index (κ3) is 4.70. The van der Waals surface area contributed by atoms with Crippen molar-refractivity contribution in [1.82, 2.24) is 30.4 Å². The molecule has 2 aliphatic heterocycles. The number of para-hydroxylation sites is 3. The lowest BCUT2D eigenvalue weighted by Gasteiger charge is -2.35. The molecule has 7 heteroatoms. The number of nitrogens with one attached hydrogen (secondary N) is 4. The first-order chi connectivity index (χ1) is 24.8. The summed E-state index contributed by atoms with van der Waals surface area (Å²) >= 11 is 0. The summed E-state index contributed by atoms with van der Waals surface area (Å²) in [6.45, 7) is 0.688. The van der Waals surface area contributed by atoms with E-state index in [1.54, 1.807) is 0 Å². The van der Waals surface area contributed by atoms with Crippen molar-refractivity contribution in [2.45, 2.75) is 18.6 Å². The van der Waals surface area contributed by atoms with E-state index in [1.165, 1.54) is 38.1 Å². The van der Waals surface area contributed by atoms with Gasteiger partial charge in [0.2, 0.25) is 0 Å². The average molecular weight is 650 g/mol. The minimum absolute atomic E-state index is 0.105. The average Bonchev–Trinajstić information content (AvgIpc) is 3.70. The van der Waals surface area contributed by atoms with E-state index in [2.05, 4.69) is 182 Å². The van der Waals surface area contributed by atoms with Crippen LogP contribution >= 0.6 is 0 Å². The van der Waals surface area contributed by atoms with Gasteiger partial charge in [0, 0.05) is 33.8 Å². The second kappa shape index (κ2) is 11.8. The van der Waals surface area contributed by atoms with Crippen molar-refractivity contribution in [3.05, 3.63) is 175 Å². The molecule has 3 unspecified atom stereocenters. The van der Waals surface area contributed by atoms with Gasteiger partial charge in [-0.15, -0.1) is 0 Å². The quantitative estimate of drug-likeness (QED) is 0.151. The molecule has 0 spiro atoms. The largest absolute Gasteiger partial charge is 0.350 e. The zero-order valence-corrected chi connectivity index (χ0v) is 27.3. The van der Waals surface area contributed by atoms with E-state index in [0.717, 1.165) is 33.9 Å². The Hall–Kier alpha value is -6.15. The summed E-state index contributed by atoms with van der Waals surface area (Å²) in [6.07, 6.45) is 1.67. The summed E-state index contributed by atoms with van der Waals surface area (Å²) in [5.74, 6) is 0.838. The number of amidine groups is 1. The van der Waals surface area contributed by atoms with E-state index >= 15 is 0 Å². The minimum atomic E-state index is -0.214. The van der Waals surface area contributed by atoms with E-state index in [1.807, 2.05) is 6.07 Å². The molecule has 2 aromatic heterocycles. The van der Waals surface area contributed by atoms with Crippen LogP contribution in [-0.4, -0.2) is 21.5 Å². The summed E-state index contributed by atoms with van der Waals surface area (Å²) < 4.78 is 4.80. The molecule has 4 heterocycles. The van der Waals surface area contributed by atoms with Crippen LogP contribution in [0.15, 0.2) is 168 Å². The summed E-state index contributed by atoms with van der Waals surface area (Å²) in [4.78, 5) is 5.23. The van der Waals surface area contributed by atoms with Crippen molar-refractivity contribution in [3.8, 4) is 5.69 Å². The molecule has 0 bridgehead atoms.